The number of hydrogen-bond donors (Lipinski definition) is 1. The van der Waals surface area contributed by atoms with Gasteiger partial charge in [0.1, 0.15) is 17.0 Å². The lowest BCUT2D eigenvalue weighted by molar-refractivity contribution is 0.219. The Morgan fingerprint density at radius 1 is 1.14 bits per heavy atom. The fourth-order valence-corrected chi connectivity index (χ4v) is 6.29. The molecule has 1 N–H and O–H groups in total. The van der Waals surface area contributed by atoms with Crippen molar-refractivity contribution in [3.63, 3.8) is 0 Å². The molecule has 0 spiro atoms. The summed E-state index contributed by atoms with van der Waals surface area (Å²) in [5.74, 6) is 1.21. The molecular formula is C16H23ClN3O6PS2. The van der Waals surface area contributed by atoms with Crippen LogP contribution in [-0.4, -0.2) is 50.6 Å². The van der Waals surface area contributed by atoms with E-state index in [1.54, 1.807) is 38.1 Å². The standard InChI is InChI=1S/C16H23ClN3O6PS2/c1-3-25-27(21,26-4-2)12-18-29(22,23)16-20-19-15(28-16)13-6-8-14(9-7-13)24-11-5-10-17/h6-9,18H,3-5,10-12H2,1-2H3. The van der Waals surface area contributed by atoms with Crippen molar-refractivity contribution in [3.8, 4) is 16.3 Å². The van der Waals surface area contributed by atoms with Crippen molar-refractivity contribution in [1.82, 2.24) is 14.9 Å². The van der Waals surface area contributed by atoms with Crippen LogP contribution in [0, 0.1) is 0 Å². The molecule has 9 nitrogen and oxygen atoms in total. The van der Waals surface area contributed by atoms with E-state index < -0.39 is 23.9 Å². The minimum atomic E-state index is -4.01. The normalized spacial score (nSPS) is 12.2. The van der Waals surface area contributed by atoms with Crippen molar-refractivity contribution >= 4 is 40.6 Å². The first-order valence-electron chi connectivity index (χ1n) is 8.84. The third-order valence-corrected chi connectivity index (χ3v) is 8.45. The first kappa shape index (κ1) is 24.2. The maximum absolute atomic E-state index is 12.5. The predicted octanol–water partition coefficient (Wildman–Crippen LogP) is 3.71. The molecule has 0 atom stereocenters. The fourth-order valence-electron chi connectivity index (χ4n) is 2.12. The molecule has 1 heterocycles. The Morgan fingerprint density at radius 2 is 1.79 bits per heavy atom. The maximum Gasteiger partial charge on any atom is 0.345 e. The Bertz CT molecular complexity index is 913. The maximum atomic E-state index is 12.5. The van der Waals surface area contributed by atoms with Gasteiger partial charge in [-0.3, -0.25) is 4.57 Å². The summed E-state index contributed by atoms with van der Waals surface area (Å²) in [7, 11) is -7.58. The molecule has 0 radical (unpaired) electrons. The van der Waals surface area contributed by atoms with Crippen LogP contribution in [0.5, 0.6) is 5.75 Å². The smallest absolute Gasteiger partial charge is 0.345 e. The van der Waals surface area contributed by atoms with Gasteiger partial charge in [-0.25, -0.2) is 8.42 Å². The lowest BCUT2D eigenvalue weighted by Crippen LogP contribution is -2.26. The third-order valence-electron chi connectivity index (χ3n) is 3.38. The van der Waals surface area contributed by atoms with Crippen molar-refractivity contribution < 1.29 is 26.8 Å². The number of aromatic nitrogens is 2. The number of halogens is 1. The summed E-state index contributed by atoms with van der Waals surface area (Å²) >= 11 is 6.51. The zero-order valence-electron chi connectivity index (χ0n) is 16.0. The van der Waals surface area contributed by atoms with Crippen molar-refractivity contribution in [1.29, 1.82) is 0 Å². The van der Waals surface area contributed by atoms with E-state index in [0.717, 1.165) is 17.8 Å². The molecule has 1 aromatic heterocycles. The average Bonchev–Trinajstić information content (AvgIpc) is 3.19. The summed E-state index contributed by atoms with van der Waals surface area (Å²) in [6.07, 6.45) is 0.258. The van der Waals surface area contributed by atoms with Gasteiger partial charge in [-0.1, -0.05) is 11.3 Å². The quantitative estimate of drug-likeness (QED) is 0.260. The van der Waals surface area contributed by atoms with Crippen LogP contribution >= 0.6 is 30.5 Å². The molecule has 162 valence electrons. The molecule has 2 aromatic rings. The Balaban J connectivity index is 2.06. The van der Waals surface area contributed by atoms with Crippen LogP contribution in [0.4, 0.5) is 0 Å². The number of alkyl halides is 1. The molecule has 0 saturated heterocycles. The van der Waals surface area contributed by atoms with Gasteiger partial charge in [0.05, 0.1) is 19.8 Å². The molecule has 2 rings (SSSR count). The summed E-state index contributed by atoms with van der Waals surface area (Å²) in [4.78, 5) is 0. The molecule has 1 aromatic carbocycles. The van der Waals surface area contributed by atoms with E-state index in [1.165, 1.54) is 0 Å². The minimum Gasteiger partial charge on any atom is -0.494 e. The lowest BCUT2D eigenvalue weighted by atomic mass is 10.2. The summed E-state index contributed by atoms with van der Waals surface area (Å²) in [5, 5.41) is 8.10. The first-order chi connectivity index (χ1) is 13.8. The number of benzene rings is 1. The van der Waals surface area contributed by atoms with E-state index in [0.29, 0.717) is 28.8 Å². The summed E-state index contributed by atoms with van der Waals surface area (Å²) in [5.41, 5.74) is 0.697. The van der Waals surface area contributed by atoms with E-state index in [4.69, 9.17) is 25.4 Å². The number of nitrogens with one attached hydrogen (secondary N) is 1. The van der Waals surface area contributed by atoms with Gasteiger partial charge in [0.2, 0.25) is 4.34 Å². The Hall–Kier alpha value is -1.07. The lowest BCUT2D eigenvalue weighted by Gasteiger charge is -2.16. The first-order valence-corrected chi connectivity index (χ1v) is 13.4. The number of rotatable bonds is 13. The molecule has 0 amide bonds. The Labute approximate surface area is 179 Å². The molecule has 0 aliphatic heterocycles. The zero-order chi connectivity index (χ0) is 21.3. The highest BCUT2D eigenvalue weighted by atomic mass is 35.5. The van der Waals surface area contributed by atoms with E-state index >= 15 is 0 Å². The number of hydrogen-bond acceptors (Lipinski definition) is 9. The molecule has 0 saturated carbocycles. The van der Waals surface area contributed by atoms with Gasteiger partial charge in [0.15, 0.2) is 0 Å². The van der Waals surface area contributed by atoms with E-state index in [1.807, 2.05) is 0 Å². The van der Waals surface area contributed by atoms with Crippen molar-refractivity contribution in [2.24, 2.45) is 0 Å². The third kappa shape index (κ3) is 7.29. The molecular weight excluding hydrogens is 461 g/mol. The second-order valence-electron chi connectivity index (χ2n) is 5.54. The molecule has 0 fully saturated rings. The minimum absolute atomic E-state index is 0.132. The molecule has 13 heteroatoms. The van der Waals surface area contributed by atoms with Gasteiger partial charge >= 0.3 is 7.60 Å². The highest BCUT2D eigenvalue weighted by Gasteiger charge is 2.29. The van der Waals surface area contributed by atoms with Crippen LogP contribution in [0.1, 0.15) is 20.3 Å². The molecule has 0 unspecified atom stereocenters. The van der Waals surface area contributed by atoms with Crippen LogP contribution in [-0.2, 0) is 23.6 Å². The highest BCUT2D eigenvalue weighted by Crippen LogP contribution is 2.47. The average molecular weight is 484 g/mol. The molecule has 0 aliphatic carbocycles. The van der Waals surface area contributed by atoms with E-state index in [9.17, 15) is 13.0 Å². The number of nitrogens with zero attached hydrogens (tertiary/aromatic N) is 2. The monoisotopic (exact) mass is 483 g/mol. The second kappa shape index (κ2) is 11.4. The number of sulfonamides is 1. The van der Waals surface area contributed by atoms with Crippen molar-refractivity contribution in [3.05, 3.63) is 24.3 Å². The SMILES string of the molecule is CCOP(=O)(CNS(=O)(=O)c1nnc(-c2ccc(OCCCCl)cc2)s1)OCC. The van der Waals surface area contributed by atoms with Gasteiger partial charge in [0, 0.05) is 11.4 Å². The van der Waals surface area contributed by atoms with Crippen LogP contribution in [0.25, 0.3) is 10.6 Å². The van der Waals surface area contributed by atoms with Crippen LogP contribution in [0.2, 0.25) is 0 Å². The van der Waals surface area contributed by atoms with Crippen LogP contribution in [0.3, 0.4) is 0 Å². The van der Waals surface area contributed by atoms with E-state index in [-0.39, 0.29) is 17.6 Å². The number of ether oxygens (including phenoxy) is 1. The molecule has 0 aliphatic rings. The topological polar surface area (TPSA) is 117 Å². The summed E-state index contributed by atoms with van der Waals surface area (Å²) in [6.45, 7) is 4.07. The van der Waals surface area contributed by atoms with Crippen molar-refractivity contribution in [2.45, 2.75) is 24.6 Å². The van der Waals surface area contributed by atoms with Crippen molar-refractivity contribution in [2.75, 3.05) is 32.0 Å². The van der Waals surface area contributed by atoms with Gasteiger partial charge in [-0.15, -0.1) is 21.8 Å². The van der Waals surface area contributed by atoms with Crippen LogP contribution in [0.15, 0.2) is 28.6 Å². The second-order valence-corrected chi connectivity index (χ2v) is 10.9. The molecule has 29 heavy (non-hydrogen) atoms. The van der Waals surface area contributed by atoms with Gasteiger partial charge in [-0.05, 0) is 44.5 Å². The summed E-state index contributed by atoms with van der Waals surface area (Å²) in [6, 6.07) is 7.05. The largest absolute Gasteiger partial charge is 0.494 e. The van der Waals surface area contributed by atoms with Gasteiger partial charge in [0.25, 0.3) is 10.0 Å². The predicted molar refractivity (Wildman–Crippen MR) is 112 cm³/mol. The summed E-state index contributed by atoms with van der Waals surface area (Å²) < 4.78 is 55.0. The Kier molecular flexibility index (Phi) is 9.48. The van der Waals surface area contributed by atoms with Gasteiger partial charge in [-0.2, -0.15) is 4.72 Å². The highest BCUT2D eigenvalue weighted by molar-refractivity contribution is 7.91. The van der Waals surface area contributed by atoms with Gasteiger partial charge < -0.3 is 13.8 Å². The Morgan fingerprint density at radius 3 is 2.38 bits per heavy atom. The fraction of sp³-hybridized carbons (Fsp3) is 0.500. The van der Waals surface area contributed by atoms with E-state index in [2.05, 4.69) is 14.9 Å². The zero-order valence-corrected chi connectivity index (χ0v) is 19.3. The van der Waals surface area contributed by atoms with Crippen LogP contribution < -0.4 is 9.46 Å². The molecule has 0 bridgehead atoms.